The van der Waals surface area contributed by atoms with E-state index in [1.807, 2.05) is 0 Å². The van der Waals surface area contributed by atoms with Gasteiger partial charge in [-0.15, -0.1) is 0 Å². The highest BCUT2D eigenvalue weighted by Gasteiger charge is 2.32. The second kappa shape index (κ2) is 5.69. The van der Waals surface area contributed by atoms with E-state index in [1.54, 1.807) is 7.11 Å². The molecular formula is C11H24N2O. The molecule has 3 nitrogen and oxygen atoms in total. The molecule has 2 atom stereocenters. The van der Waals surface area contributed by atoms with Gasteiger partial charge >= 0.3 is 0 Å². The maximum absolute atomic E-state index is 5.79. The number of ether oxygens (including phenoxy) is 1. The SMILES string of the molecule is COCC(C)CN(C)C(CN)C1CC1. The van der Waals surface area contributed by atoms with Crippen LogP contribution in [0.15, 0.2) is 0 Å². The summed E-state index contributed by atoms with van der Waals surface area (Å²) < 4.78 is 5.14. The summed E-state index contributed by atoms with van der Waals surface area (Å²) in [5, 5.41) is 0. The van der Waals surface area contributed by atoms with E-state index >= 15 is 0 Å². The van der Waals surface area contributed by atoms with E-state index in [1.165, 1.54) is 12.8 Å². The topological polar surface area (TPSA) is 38.5 Å². The summed E-state index contributed by atoms with van der Waals surface area (Å²) in [6.45, 7) is 4.94. The van der Waals surface area contributed by atoms with Crippen LogP contribution in [0.4, 0.5) is 0 Å². The molecule has 0 spiro atoms. The number of rotatable bonds is 7. The van der Waals surface area contributed by atoms with Crippen LogP contribution in [0.3, 0.4) is 0 Å². The normalized spacial score (nSPS) is 21.2. The Labute approximate surface area is 87.6 Å². The maximum Gasteiger partial charge on any atom is 0.0500 e. The molecule has 2 unspecified atom stereocenters. The first-order valence-corrected chi connectivity index (χ1v) is 5.58. The Hall–Kier alpha value is -0.120. The van der Waals surface area contributed by atoms with E-state index in [0.717, 1.165) is 25.6 Å². The lowest BCUT2D eigenvalue weighted by atomic mass is 10.1. The molecule has 0 amide bonds. The standard InChI is InChI=1S/C11H24N2O/c1-9(8-14-3)7-13(2)11(6-12)10-4-5-10/h9-11H,4-8,12H2,1-3H3. The Kier molecular flexibility index (Phi) is 4.85. The van der Waals surface area contributed by atoms with Crippen molar-refractivity contribution >= 4 is 0 Å². The van der Waals surface area contributed by atoms with E-state index in [2.05, 4.69) is 18.9 Å². The van der Waals surface area contributed by atoms with Crippen molar-refractivity contribution in [2.45, 2.75) is 25.8 Å². The van der Waals surface area contributed by atoms with E-state index < -0.39 is 0 Å². The van der Waals surface area contributed by atoms with Crippen LogP contribution in [0.5, 0.6) is 0 Å². The van der Waals surface area contributed by atoms with Gasteiger partial charge in [-0.25, -0.2) is 0 Å². The molecular weight excluding hydrogens is 176 g/mol. The lowest BCUT2D eigenvalue weighted by Gasteiger charge is -2.29. The molecule has 0 saturated heterocycles. The third-order valence-electron chi connectivity index (χ3n) is 3.02. The molecule has 0 aromatic carbocycles. The summed E-state index contributed by atoms with van der Waals surface area (Å²) in [6, 6.07) is 0.592. The number of hydrogen-bond acceptors (Lipinski definition) is 3. The van der Waals surface area contributed by atoms with Crippen molar-refractivity contribution in [1.82, 2.24) is 4.90 Å². The zero-order valence-corrected chi connectivity index (χ0v) is 9.70. The Bertz CT molecular complexity index is 159. The Morgan fingerprint density at radius 2 is 2.14 bits per heavy atom. The van der Waals surface area contributed by atoms with Crippen LogP contribution in [0.2, 0.25) is 0 Å². The van der Waals surface area contributed by atoms with E-state index in [-0.39, 0.29) is 0 Å². The van der Waals surface area contributed by atoms with Crippen LogP contribution in [0, 0.1) is 11.8 Å². The van der Waals surface area contributed by atoms with E-state index in [4.69, 9.17) is 10.5 Å². The molecule has 1 aliphatic rings. The van der Waals surface area contributed by atoms with Crippen molar-refractivity contribution in [2.75, 3.05) is 33.9 Å². The van der Waals surface area contributed by atoms with Crippen LogP contribution in [-0.2, 0) is 4.74 Å². The van der Waals surface area contributed by atoms with Crippen molar-refractivity contribution in [3.8, 4) is 0 Å². The minimum atomic E-state index is 0.592. The molecule has 1 fully saturated rings. The highest BCUT2D eigenvalue weighted by molar-refractivity contribution is 4.88. The van der Waals surface area contributed by atoms with Crippen LogP contribution < -0.4 is 5.73 Å². The number of nitrogens with two attached hydrogens (primary N) is 1. The van der Waals surface area contributed by atoms with Crippen molar-refractivity contribution in [2.24, 2.45) is 17.6 Å². The minimum Gasteiger partial charge on any atom is -0.384 e. The second-order valence-electron chi connectivity index (χ2n) is 4.64. The summed E-state index contributed by atoms with van der Waals surface area (Å²) in [4.78, 5) is 2.40. The Balaban J connectivity index is 2.27. The Morgan fingerprint density at radius 1 is 1.50 bits per heavy atom. The van der Waals surface area contributed by atoms with Gasteiger partial charge in [0.1, 0.15) is 0 Å². The van der Waals surface area contributed by atoms with E-state index in [0.29, 0.717) is 12.0 Å². The van der Waals surface area contributed by atoms with Crippen molar-refractivity contribution in [3.05, 3.63) is 0 Å². The van der Waals surface area contributed by atoms with Gasteiger partial charge in [-0.05, 0) is 31.7 Å². The van der Waals surface area contributed by atoms with Crippen LogP contribution in [0.25, 0.3) is 0 Å². The highest BCUT2D eigenvalue weighted by atomic mass is 16.5. The average molecular weight is 200 g/mol. The van der Waals surface area contributed by atoms with Gasteiger partial charge in [0.25, 0.3) is 0 Å². The van der Waals surface area contributed by atoms with Crippen LogP contribution >= 0.6 is 0 Å². The molecule has 0 aliphatic heterocycles. The fourth-order valence-electron chi connectivity index (χ4n) is 2.18. The van der Waals surface area contributed by atoms with Gasteiger partial charge in [0, 0.05) is 32.8 Å². The number of likely N-dealkylation sites (N-methyl/N-ethyl adjacent to an activating group) is 1. The quantitative estimate of drug-likeness (QED) is 0.664. The number of nitrogens with zero attached hydrogens (tertiary/aromatic N) is 1. The van der Waals surface area contributed by atoms with Gasteiger partial charge in [-0.1, -0.05) is 6.92 Å². The van der Waals surface area contributed by atoms with Crippen molar-refractivity contribution in [1.29, 1.82) is 0 Å². The zero-order chi connectivity index (χ0) is 10.6. The molecule has 0 radical (unpaired) electrons. The minimum absolute atomic E-state index is 0.592. The van der Waals surface area contributed by atoms with Gasteiger partial charge in [-0.2, -0.15) is 0 Å². The van der Waals surface area contributed by atoms with Crippen molar-refractivity contribution in [3.63, 3.8) is 0 Å². The molecule has 1 aliphatic carbocycles. The van der Waals surface area contributed by atoms with Gasteiger partial charge < -0.3 is 15.4 Å². The second-order valence-corrected chi connectivity index (χ2v) is 4.64. The van der Waals surface area contributed by atoms with Gasteiger partial charge in [0.15, 0.2) is 0 Å². The molecule has 1 rings (SSSR count). The van der Waals surface area contributed by atoms with Crippen LogP contribution in [0.1, 0.15) is 19.8 Å². The smallest absolute Gasteiger partial charge is 0.0500 e. The van der Waals surface area contributed by atoms with Crippen molar-refractivity contribution < 1.29 is 4.74 Å². The fraction of sp³-hybridized carbons (Fsp3) is 1.00. The third-order valence-corrected chi connectivity index (χ3v) is 3.02. The van der Waals surface area contributed by atoms with Crippen LogP contribution in [-0.4, -0.2) is 44.8 Å². The highest BCUT2D eigenvalue weighted by Crippen LogP contribution is 2.34. The maximum atomic E-state index is 5.79. The molecule has 2 N–H and O–H groups in total. The molecule has 0 aromatic rings. The summed E-state index contributed by atoms with van der Waals surface area (Å²) in [5.74, 6) is 1.46. The largest absolute Gasteiger partial charge is 0.384 e. The first-order valence-electron chi connectivity index (χ1n) is 5.58. The average Bonchev–Trinajstić information content (AvgIpc) is 2.89. The fourth-order valence-corrected chi connectivity index (χ4v) is 2.18. The summed E-state index contributed by atoms with van der Waals surface area (Å²) in [5.41, 5.74) is 5.79. The molecule has 1 saturated carbocycles. The molecule has 0 aromatic heterocycles. The predicted molar refractivity (Wildman–Crippen MR) is 59.2 cm³/mol. The third kappa shape index (κ3) is 3.56. The molecule has 14 heavy (non-hydrogen) atoms. The molecule has 84 valence electrons. The first-order chi connectivity index (χ1) is 6.69. The van der Waals surface area contributed by atoms with Gasteiger partial charge in [-0.3, -0.25) is 0 Å². The lowest BCUT2D eigenvalue weighted by Crippen LogP contribution is -2.42. The summed E-state index contributed by atoms with van der Waals surface area (Å²) in [6.07, 6.45) is 2.73. The van der Waals surface area contributed by atoms with E-state index in [9.17, 15) is 0 Å². The molecule has 0 bridgehead atoms. The first kappa shape index (κ1) is 12.0. The Morgan fingerprint density at radius 3 is 2.57 bits per heavy atom. The lowest BCUT2D eigenvalue weighted by molar-refractivity contribution is 0.119. The zero-order valence-electron chi connectivity index (χ0n) is 9.70. The molecule has 0 heterocycles. The molecule has 3 heteroatoms. The number of methoxy groups -OCH3 is 1. The monoisotopic (exact) mass is 200 g/mol. The summed E-state index contributed by atoms with van der Waals surface area (Å²) >= 11 is 0. The summed E-state index contributed by atoms with van der Waals surface area (Å²) in [7, 11) is 3.94. The van der Waals surface area contributed by atoms with Gasteiger partial charge in [0.2, 0.25) is 0 Å². The predicted octanol–water partition coefficient (Wildman–Crippen LogP) is 0.938. The van der Waals surface area contributed by atoms with Gasteiger partial charge in [0.05, 0.1) is 0 Å². The number of hydrogen-bond donors (Lipinski definition) is 1.